The molecule has 0 unspecified atom stereocenters. The summed E-state index contributed by atoms with van der Waals surface area (Å²) in [5.74, 6) is -2.79. The second-order valence-corrected chi connectivity index (χ2v) is 7.73. The molecular formula is C26H19F3O3. The number of benzene rings is 3. The van der Waals surface area contributed by atoms with Crippen molar-refractivity contribution >= 4 is 23.4 Å². The highest BCUT2D eigenvalue weighted by Gasteiger charge is 2.34. The lowest BCUT2D eigenvalue weighted by Crippen LogP contribution is -2.33. The first-order valence-corrected chi connectivity index (χ1v) is 10.1. The second-order valence-electron chi connectivity index (χ2n) is 7.73. The van der Waals surface area contributed by atoms with E-state index < -0.39 is 17.7 Å². The Morgan fingerprint density at radius 1 is 0.906 bits per heavy atom. The van der Waals surface area contributed by atoms with Gasteiger partial charge in [-0.3, -0.25) is 9.59 Å². The number of Topliss-reactive ketones (excluding diaryl/α,β-unsaturated/α-hetero) is 1. The molecule has 0 N–H and O–H groups in total. The van der Waals surface area contributed by atoms with Crippen molar-refractivity contribution in [2.24, 2.45) is 5.92 Å². The first-order valence-electron chi connectivity index (χ1n) is 10.1. The van der Waals surface area contributed by atoms with Gasteiger partial charge in [0.25, 0.3) is 0 Å². The topological polar surface area (TPSA) is 43.4 Å². The highest BCUT2D eigenvalue weighted by molar-refractivity contribution is 5.94. The fourth-order valence-electron chi connectivity index (χ4n) is 3.46. The first-order chi connectivity index (χ1) is 15.4. The van der Waals surface area contributed by atoms with Crippen LogP contribution in [-0.4, -0.2) is 11.8 Å². The fourth-order valence-corrected chi connectivity index (χ4v) is 3.46. The van der Waals surface area contributed by atoms with Crippen LogP contribution in [0.2, 0.25) is 0 Å². The molecule has 1 aliphatic rings. The van der Waals surface area contributed by atoms with E-state index in [1.54, 1.807) is 30.3 Å². The highest BCUT2D eigenvalue weighted by Crippen LogP contribution is 2.29. The highest BCUT2D eigenvalue weighted by atomic mass is 19.1. The van der Waals surface area contributed by atoms with E-state index in [4.69, 9.17) is 4.74 Å². The molecule has 0 amide bonds. The van der Waals surface area contributed by atoms with E-state index in [2.05, 4.69) is 0 Å². The third-order valence-electron chi connectivity index (χ3n) is 5.31. The molecule has 0 heterocycles. The van der Waals surface area contributed by atoms with Gasteiger partial charge in [0.1, 0.15) is 17.4 Å². The van der Waals surface area contributed by atoms with E-state index in [9.17, 15) is 22.8 Å². The van der Waals surface area contributed by atoms with E-state index in [-0.39, 0.29) is 36.0 Å². The molecule has 0 radical (unpaired) electrons. The zero-order chi connectivity index (χ0) is 22.7. The van der Waals surface area contributed by atoms with Crippen LogP contribution in [0.5, 0.6) is 5.75 Å². The molecule has 3 aromatic rings. The van der Waals surface area contributed by atoms with Gasteiger partial charge in [0.2, 0.25) is 0 Å². The van der Waals surface area contributed by atoms with Crippen LogP contribution in [0.25, 0.3) is 11.6 Å². The van der Waals surface area contributed by atoms with Gasteiger partial charge >= 0.3 is 5.97 Å². The summed E-state index contributed by atoms with van der Waals surface area (Å²) in [6, 6.07) is 16.1. The minimum absolute atomic E-state index is 0.0176. The number of carbonyl (C=O) groups is 2. The summed E-state index contributed by atoms with van der Waals surface area (Å²) in [6.07, 6.45) is 2.40. The molecule has 0 aromatic heterocycles. The zero-order valence-electron chi connectivity index (χ0n) is 17.0. The molecule has 6 heteroatoms. The van der Waals surface area contributed by atoms with Crippen molar-refractivity contribution in [3.63, 3.8) is 0 Å². The van der Waals surface area contributed by atoms with Gasteiger partial charge < -0.3 is 4.74 Å². The Hall–Kier alpha value is -3.67. The molecule has 32 heavy (non-hydrogen) atoms. The normalized spacial score (nSPS) is 14.2. The lowest BCUT2D eigenvalue weighted by Gasteiger charge is -2.22. The molecule has 162 valence electrons. The zero-order valence-corrected chi connectivity index (χ0v) is 17.0. The number of ketones is 1. The smallest absolute Gasteiger partial charge is 0.315 e. The first kappa shape index (κ1) is 21.6. The van der Waals surface area contributed by atoms with Crippen molar-refractivity contribution in [1.29, 1.82) is 0 Å². The summed E-state index contributed by atoms with van der Waals surface area (Å²) in [6.45, 7) is 0. The molecule has 1 saturated carbocycles. The number of esters is 1. The van der Waals surface area contributed by atoms with Crippen LogP contribution in [-0.2, 0) is 16.0 Å². The van der Waals surface area contributed by atoms with Gasteiger partial charge in [-0.2, -0.15) is 0 Å². The third-order valence-corrected chi connectivity index (χ3v) is 5.31. The Morgan fingerprint density at radius 3 is 2.16 bits per heavy atom. The van der Waals surface area contributed by atoms with Gasteiger partial charge in [-0.1, -0.05) is 36.4 Å². The summed E-state index contributed by atoms with van der Waals surface area (Å²) in [5, 5.41) is 0. The average Bonchev–Trinajstić information content (AvgIpc) is 2.75. The number of ether oxygens (including phenoxy) is 1. The van der Waals surface area contributed by atoms with E-state index in [1.807, 2.05) is 6.08 Å². The molecule has 0 spiro atoms. The number of allylic oxidation sites excluding steroid dienone is 1. The van der Waals surface area contributed by atoms with E-state index in [0.29, 0.717) is 12.0 Å². The summed E-state index contributed by atoms with van der Waals surface area (Å²) in [4.78, 5) is 23.2. The average molecular weight is 436 g/mol. The Kier molecular flexibility index (Phi) is 6.21. The molecule has 0 bridgehead atoms. The van der Waals surface area contributed by atoms with E-state index >= 15 is 0 Å². The van der Waals surface area contributed by atoms with Crippen LogP contribution in [0, 0.1) is 23.4 Å². The number of halogens is 3. The SMILES string of the molecule is O=C1CC(C(=O)Oc2cc(C/C(=C/c3ccc(F)cc3)c3ccc(F)cc3)ccc2F)C1. The summed E-state index contributed by atoms with van der Waals surface area (Å²) < 4.78 is 46.1. The molecule has 1 fully saturated rings. The number of rotatable bonds is 6. The van der Waals surface area contributed by atoms with Crippen molar-refractivity contribution in [3.05, 3.63) is 101 Å². The van der Waals surface area contributed by atoms with Crippen LogP contribution in [0.3, 0.4) is 0 Å². The molecule has 0 aliphatic heterocycles. The molecule has 0 saturated heterocycles. The minimum atomic E-state index is -0.682. The number of hydrogen-bond donors (Lipinski definition) is 0. The summed E-state index contributed by atoms with van der Waals surface area (Å²) in [7, 11) is 0. The second kappa shape index (κ2) is 9.22. The van der Waals surface area contributed by atoms with Gasteiger partial charge in [0, 0.05) is 12.8 Å². The Morgan fingerprint density at radius 2 is 1.53 bits per heavy atom. The van der Waals surface area contributed by atoms with Gasteiger partial charge in [-0.15, -0.1) is 0 Å². The standard InChI is InChI=1S/C26H19F3O3/c27-21-6-1-16(2-7-21)11-19(18-4-8-22(28)9-5-18)12-17-3-10-24(29)25(13-17)32-26(31)20-14-23(30)15-20/h1-11,13,20H,12,14-15H2/b19-11-. The lowest BCUT2D eigenvalue weighted by molar-refractivity contribution is -0.147. The van der Waals surface area contributed by atoms with Crippen LogP contribution >= 0.6 is 0 Å². The van der Waals surface area contributed by atoms with Crippen molar-refractivity contribution in [2.75, 3.05) is 0 Å². The van der Waals surface area contributed by atoms with Gasteiger partial charge in [0.15, 0.2) is 11.6 Å². The predicted octanol–water partition coefficient (Wildman–Crippen LogP) is 5.77. The Bertz CT molecular complexity index is 1170. The number of carbonyl (C=O) groups excluding carboxylic acids is 2. The molecule has 4 rings (SSSR count). The van der Waals surface area contributed by atoms with Gasteiger partial charge in [-0.05, 0) is 65.1 Å². The van der Waals surface area contributed by atoms with Crippen molar-refractivity contribution in [3.8, 4) is 5.75 Å². The molecule has 0 atom stereocenters. The largest absolute Gasteiger partial charge is 0.423 e. The maximum absolute atomic E-state index is 14.2. The molecule has 3 aromatic carbocycles. The fraction of sp³-hybridized carbons (Fsp3) is 0.154. The number of hydrogen-bond acceptors (Lipinski definition) is 3. The molecule has 3 nitrogen and oxygen atoms in total. The van der Waals surface area contributed by atoms with E-state index in [0.717, 1.165) is 16.7 Å². The monoisotopic (exact) mass is 436 g/mol. The van der Waals surface area contributed by atoms with Crippen LogP contribution in [0.1, 0.15) is 29.5 Å². The van der Waals surface area contributed by atoms with Gasteiger partial charge in [-0.25, -0.2) is 13.2 Å². The Labute approximate surface area is 183 Å². The third kappa shape index (κ3) is 5.14. The lowest BCUT2D eigenvalue weighted by atomic mass is 9.84. The van der Waals surface area contributed by atoms with Crippen molar-refractivity contribution in [2.45, 2.75) is 19.3 Å². The maximum Gasteiger partial charge on any atom is 0.315 e. The molecular weight excluding hydrogens is 417 g/mol. The predicted molar refractivity (Wildman–Crippen MR) is 114 cm³/mol. The van der Waals surface area contributed by atoms with Gasteiger partial charge in [0.05, 0.1) is 5.92 Å². The Balaban J connectivity index is 1.61. The molecule has 1 aliphatic carbocycles. The summed E-state index contributed by atoms with van der Waals surface area (Å²) >= 11 is 0. The van der Waals surface area contributed by atoms with Crippen molar-refractivity contribution in [1.82, 2.24) is 0 Å². The quantitative estimate of drug-likeness (QED) is 0.280. The maximum atomic E-state index is 14.2. The van der Waals surface area contributed by atoms with Crippen LogP contribution < -0.4 is 4.74 Å². The van der Waals surface area contributed by atoms with Crippen LogP contribution in [0.4, 0.5) is 13.2 Å². The van der Waals surface area contributed by atoms with Crippen molar-refractivity contribution < 1.29 is 27.5 Å². The van der Waals surface area contributed by atoms with Crippen LogP contribution in [0.15, 0.2) is 66.7 Å². The van der Waals surface area contributed by atoms with E-state index in [1.165, 1.54) is 36.4 Å². The summed E-state index contributed by atoms with van der Waals surface area (Å²) in [5.41, 5.74) is 2.93. The minimum Gasteiger partial charge on any atom is -0.423 e.